The molecule has 0 atom stereocenters. The minimum Gasteiger partial charge on any atom is -0.323 e. The molecule has 4 rings (SSSR count). The van der Waals surface area contributed by atoms with Gasteiger partial charge in [0.2, 0.25) is 15.9 Å². The summed E-state index contributed by atoms with van der Waals surface area (Å²) >= 11 is 1.47. The van der Waals surface area contributed by atoms with Crippen LogP contribution in [-0.4, -0.2) is 36.6 Å². The molecule has 9 heteroatoms. The van der Waals surface area contributed by atoms with E-state index in [-0.39, 0.29) is 11.7 Å². The molecule has 7 nitrogen and oxygen atoms in total. The summed E-state index contributed by atoms with van der Waals surface area (Å²) in [5.74, 6) is -0.0623. The Bertz CT molecular complexity index is 1270. The molecule has 0 bridgehead atoms. The first-order chi connectivity index (χ1) is 15.8. The van der Waals surface area contributed by atoms with Crippen molar-refractivity contribution < 1.29 is 13.2 Å². The second-order valence-corrected chi connectivity index (χ2v) is 10.8. The van der Waals surface area contributed by atoms with Crippen LogP contribution in [0.25, 0.3) is 6.08 Å². The number of carbonyl (C=O) groups is 1. The van der Waals surface area contributed by atoms with Gasteiger partial charge in [0.15, 0.2) is 5.16 Å². The molecule has 1 saturated heterocycles. The number of nitrogens with one attached hydrogen (secondary N) is 1. The average Bonchev–Trinajstić information content (AvgIpc) is 3.12. The molecule has 1 aromatic heterocycles. The van der Waals surface area contributed by atoms with Crippen LogP contribution in [0, 0.1) is 13.8 Å². The number of aryl methyl sites for hydroxylation is 2. The molecule has 3 aromatic rings. The van der Waals surface area contributed by atoms with Crippen molar-refractivity contribution in [1.29, 1.82) is 0 Å². The van der Waals surface area contributed by atoms with Crippen LogP contribution in [0.4, 0.5) is 11.4 Å². The van der Waals surface area contributed by atoms with E-state index in [1.165, 1.54) is 22.1 Å². The maximum Gasteiger partial charge on any atom is 0.248 e. The lowest BCUT2D eigenvalue weighted by atomic mass is 10.2. The van der Waals surface area contributed by atoms with Crippen molar-refractivity contribution >= 4 is 45.1 Å². The largest absolute Gasteiger partial charge is 0.323 e. The molecule has 0 radical (unpaired) electrons. The van der Waals surface area contributed by atoms with Gasteiger partial charge in [-0.25, -0.2) is 18.4 Å². The van der Waals surface area contributed by atoms with Gasteiger partial charge in [0.25, 0.3) is 0 Å². The molecule has 0 spiro atoms. The molecular formula is C24H24N4O3S2. The van der Waals surface area contributed by atoms with E-state index >= 15 is 0 Å². The lowest BCUT2D eigenvalue weighted by Gasteiger charge is -2.16. The van der Waals surface area contributed by atoms with E-state index in [1.807, 2.05) is 44.2 Å². The van der Waals surface area contributed by atoms with Gasteiger partial charge in [0, 0.05) is 34.6 Å². The Kier molecular flexibility index (Phi) is 6.80. The molecule has 170 valence electrons. The summed E-state index contributed by atoms with van der Waals surface area (Å²) in [5, 5.41) is 3.53. The zero-order valence-corrected chi connectivity index (χ0v) is 20.0. The standard InChI is InChI=1S/C24H24N4O3S2/c1-17-16-18(2)26-24(25-17)32-22-11-7-20(8-12-22)27-23(29)13-6-19-4-9-21(10-5-19)28-14-3-15-33(28,30)31/h4-13,16H,3,14-15H2,1-2H3,(H,27,29)/b13-6+. The van der Waals surface area contributed by atoms with Gasteiger partial charge in [0.1, 0.15) is 0 Å². The first-order valence-electron chi connectivity index (χ1n) is 10.5. The van der Waals surface area contributed by atoms with Gasteiger partial charge >= 0.3 is 0 Å². The number of hydrogen-bond acceptors (Lipinski definition) is 6. The maximum absolute atomic E-state index is 12.3. The molecule has 1 aliphatic rings. The molecule has 1 amide bonds. The predicted molar refractivity (Wildman–Crippen MR) is 132 cm³/mol. The van der Waals surface area contributed by atoms with Gasteiger partial charge in [0.05, 0.1) is 11.4 Å². The van der Waals surface area contributed by atoms with Gasteiger partial charge < -0.3 is 5.32 Å². The highest BCUT2D eigenvalue weighted by Crippen LogP contribution is 2.27. The fourth-order valence-electron chi connectivity index (χ4n) is 3.49. The van der Waals surface area contributed by atoms with Gasteiger partial charge in [-0.1, -0.05) is 12.1 Å². The Labute approximate surface area is 198 Å². The number of benzene rings is 2. The van der Waals surface area contributed by atoms with Crippen LogP contribution < -0.4 is 9.62 Å². The summed E-state index contributed by atoms with van der Waals surface area (Å²) in [6.45, 7) is 4.39. The molecule has 2 aromatic carbocycles. The third kappa shape index (κ3) is 6.00. The summed E-state index contributed by atoms with van der Waals surface area (Å²) in [5.41, 5.74) is 4.00. The molecule has 0 saturated carbocycles. The molecular weight excluding hydrogens is 456 g/mol. The molecule has 1 aliphatic heterocycles. The first-order valence-corrected chi connectivity index (χ1v) is 12.9. The number of amides is 1. The van der Waals surface area contributed by atoms with Crippen LogP contribution in [0.3, 0.4) is 0 Å². The highest BCUT2D eigenvalue weighted by atomic mass is 32.2. The van der Waals surface area contributed by atoms with Gasteiger partial charge in [-0.2, -0.15) is 0 Å². The second-order valence-electron chi connectivity index (χ2n) is 7.72. The number of sulfonamides is 1. The van der Waals surface area contributed by atoms with Crippen LogP contribution >= 0.6 is 11.8 Å². The lowest BCUT2D eigenvalue weighted by molar-refractivity contribution is -0.111. The van der Waals surface area contributed by atoms with E-state index < -0.39 is 10.0 Å². The van der Waals surface area contributed by atoms with Gasteiger partial charge in [-0.05, 0) is 86.1 Å². The first kappa shape index (κ1) is 23.0. The second kappa shape index (κ2) is 9.76. The van der Waals surface area contributed by atoms with Crippen LogP contribution in [0.5, 0.6) is 0 Å². The van der Waals surface area contributed by atoms with Crippen molar-refractivity contribution in [2.75, 3.05) is 21.9 Å². The summed E-state index contributed by atoms with van der Waals surface area (Å²) in [4.78, 5) is 22.1. The van der Waals surface area contributed by atoms with E-state index in [4.69, 9.17) is 0 Å². The highest BCUT2D eigenvalue weighted by Gasteiger charge is 2.28. The van der Waals surface area contributed by atoms with E-state index in [0.717, 1.165) is 21.8 Å². The quantitative estimate of drug-likeness (QED) is 0.414. The van der Waals surface area contributed by atoms with Crippen molar-refractivity contribution in [2.45, 2.75) is 30.3 Å². The van der Waals surface area contributed by atoms with Crippen molar-refractivity contribution in [3.05, 3.63) is 77.6 Å². The van der Waals surface area contributed by atoms with Crippen molar-refractivity contribution in [1.82, 2.24) is 9.97 Å². The fourth-order valence-corrected chi connectivity index (χ4v) is 5.91. The van der Waals surface area contributed by atoms with E-state index in [2.05, 4.69) is 15.3 Å². The zero-order valence-electron chi connectivity index (χ0n) is 18.4. The molecule has 1 fully saturated rings. The number of carbonyl (C=O) groups excluding carboxylic acids is 1. The third-order valence-electron chi connectivity index (χ3n) is 5.00. The summed E-state index contributed by atoms with van der Waals surface area (Å²) in [6, 6.07) is 16.5. The average molecular weight is 481 g/mol. The summed E-state index contributed by atoms with van der Waals surface area (Å²) in [7, 11) is -3.20. The molecule has 0 unspecified atom stereocenters. The van der Waals surface area contributed by atoms with Crippen LogP contribution in [-0.2, 0) is 14.8 Å². The maximum atomic E-state index is 12.3. The van der Waals surface area contributed by atoms with E-state index in [0.29, 0.717) is 29.5 Å². The molecule has 33 heavy (non-hydrogen) atoms. The predicted octanol–water partition coefficient (Wildman–Crippen LogP) is 4.44. The van der Waals surface area contributed by atoms with Crippen LogP contribution in [0.1, 0.15) is 23.4 Å². The lowest BCUT2D eigenvalue weighted by Crippen LogP contribution is -2.24. The topological polar surface area (TPSA) is 92.3 Å². The number of aromatic nitrogens is 2. The molecule has 1 N–H and O–H groups in total. The SMILES string of the molecule is Cc1cc(C)nc(Sc2ccc(NC(=O)/C=C/c3ccc(N4CCCS4(=O)=O)cc3)cc2)n1. The Hall–Kier alpha value is -3.17. The number of nitrogens with zero attached hydrogens (tertiary/aromatic N) is 3. The Morgan fingerprint density at radius 1 is 1.03 bits per heavy atom. The van der Waals surface area contributed by atoms with Crippen molar-refractivity contribution in [3.63, 3.8) is 0 Å². The molecule has 2 heterocycles. The normalized spacial score (nSPS) is 15.2. The zero-order chi connectivity index (χ0) is 23.4. The minimum absolute atomic E-state index is 0.188. The number of hydrogen-bond donors (Lipinski definition) is 1. The third-order valence-corrected chi connectivity index (χ3v) is 7.74. The van der Waals surface area contributed by atoms with Gasteiger partial charge in [-0.15, -0.1) is 0 Å². The van der Waals surface area contributed by atoms with E-state index in [9.17, 15) is 13.2 Å². The summed E-state index contributed by atoms with van der Waals surface area (Å²) in [6.07, 6.45) is 3.79. The monoisotopic (exact) mass is 480 g/mol. The molecule has 0 aliphatic carbocycles. The number of anilines is 2. The van der Waals surface area contributed by atoms with Crippen molar-refractivity contribution in [2.24, 2.45) is 0 Å². The Morgan fingerprint density at radius 2 is 1.70 bits per heavy atom. The van der Waals surface area contributed by atoms with Crippen LogP contribution in [0.15, 0.2) is 70.7 Å². The van der Waals surface area contributed by atoms with Crippen molar-refractivity contribution in [3.8, 4) is 0 Å². The summed E-state index contributed by atoms with van der Waals surface area (Å²) < 4.78 is 25.5. The van der Waals surface area contributed by atoms with Crippen LogP contribution in [0.2, 0.25) is 0 Å². The fraction of sp³-hybridized carbons (Fsp3) is 0.208. The van der Waals surface area contributed by atoms with E-state index in [1.54, 1.807) is 30.3 Å². The Morgan fingerprint density at radius 3 is 2.30 bits per heavy atom. The van der Waals surface area contributed by atoms with Gasteiger partial charge in [-0.3, -0.25) is 9.10 Å². The minimum atomic E-state index is -3.20. The smallest absolute Gasteiger partial charge is 0.248 e. The number of rotatable bonds is 6. The Balaban J connectivity index is 1.33. The highest BCUT2D eigenvalue weighted by molar-refractivity contribution is 7.99.